The average Bonchev–Trinajstić information content (AvgIpc) is 2.45. The van der Waals surface area contributed by atoms with E-state index in [4.69, 9.17) is 21.3 Å². The molecule has 0 saturated carbocycles. The number of sulfone groups is 1. The maximum absolute atomic E-state index is 12.6. The summed E-state index contributed by atoms with van der Waals surface area (Å²) in [6.45, 7) is 0. The van der Waals surface area contributed by atoms with Gasteiger partial charge >= 0.3 is 51.4 Å². The van der Waals surface area contributed by atoms with E-state index in [0.717, 1.165) is 0 Å². The van der Waals surface area contributed by atoms with Gasteiger partial charge in [-0.2, -0.15) is 8.42 Å². The number of rotatable bonds is 4. The van der Waals surface area contributed by atoms with E-state index in [1.165, 1.54) is 24.3 Å². The molecule has 0 bridgehead atoms. The van der Waals surface area contributed by atoms with E-state index in [1.807, 2.05) is 0 Å². The fourth-order valence-electron chi connectivity index (χ4n) is 1.87. The second kappa shape index (κ2) is 8.02. The number of primary sulfonamides is 1. The van der Waals surface area contributed by atoms with Crippen LogP contribution in [0.1, 0.15) is 0 Å². The SMILES string of the molecule is NS(=O)(=O)c1cc(S(=O)(=O)O)c(Cl)cc1S(=O)(=O)c1ccccc1.[KH]. The molecule has 0 atom stereocenters. The van der Waals surface area contributed by atoms with Crippen molar-refractivity contribution in [2.75, 3.05) is 0 Å². The standard InChI is InChI=1S/C12H10ClNO7S3.K.H/c13-9-6-11(22(15,16)8-4-2-1-3-5-8)12(23(14,17)18)7-10(9)24(19,20)21;;/h1-7H,(H2,14,17,18)(H,19,20,21);;. The van der Waals surface area contributed by atoms with Crippen LogP contribution in [0.3, 0.4) is 0 Å². The van der Waals surface area contributed by atoms with Crippen LogP contribution in [0.5, 0.6) is 0 Å². The molecule has 2 aromatic rings. The fourth-order valence-corrected chi connectivity index (χ4v) is 5.71. The van der Waals surface area contributed by atoms with Crippen LogP contribution in [0.2, 0.25) is 5.02 Å². The van der Waals surface area contributed by atoms with Gasteiger partial charge in [-0.05, 0) is 24.3 Å². The second-order valence-corrected chi connectivity index (χ2v) is 9.81. The molecule has 0 aromatic heterocycles. The molecule has 132 valence electrons. The van der Waals surface area contributed by atoms with E-state index < -0.39 is 49.7 Å². The first kappa shape index (κ1) is 23.2. The molecule has 25 heavy (non-hydrogen) atoms. The third kappa shape index (κ3) is 5.10. The molecule has 0 radical (unpaired) electrons. The van der Waals surface area contributed by atoms with E-state index in [0.29, 0.717) is 12.1 Å². The summed E-state index contributed by atoms with van der Waals surface area (Å²) in [6.07, 6.45) is 0. The topological polar surface area (TPSA) is 149 Å². The van der Waals surface area contributed by atoms with Crippen LogP contribution in [0, 0.1) is 0 Å². The second-order valence-electron chi connectivity index (χ2n) is 4.57. The Morgan fingerprint density at radius 2 is 1.36 bits per heavy atom. The maximum atomic E-state index is 12.6. The normalized spacial score (nSPS) is 12.4. The summed E-state index contributed by atoms with van der Waals surface area (Å²) >= 11 is 5.69. The molecule has 13 heteroatoms. The number of hydrogen-bond acceptors (Lipinski definition) is 6. The van der Waals surface area contributed by atoms with Crippen LogP contribution in [-0.4, -0.2) is 81.2 Å². The van der Waals surface area contributed by atoms with Crippen molar-refractivity contribution in [3.63, 3.8) is 0 Å². The van der Waals surface area contributed by atoms with Crippen LogP contribution < -0.4 is 5.14 Å². The minimum atomic E-state index is -4.89. The van der Waals surface area contributed by atoms with E-state index in [2.05, 4.69) is 0 Å². The molecule has 3 N–H and O–H groups in total. The zero-order valence-electron chi connectivity index (χ0n) is 11.6. The predicted octanol–water partition coefficient (Wildman–Crippen LogP) is 0.418. The summed E-state index contributed by atoms with van der Waals surface area (Å²) in [5.41, 5.74) is 0. The number of halogens is 1. The van der Waals surface area contributed by atoms with Gasteiger partial charge in [-0.25, -0.2) is 22.0 Å². The molecular weight excluding hydrogens is 441 g/mol. The van der Waals surface area contributed by atoms with Crippen molar-refractivity contribution in [1.82, 2.24) is 0 Å². The van der Waals surface area contributed by atoms with Gasteiger partial charge in [0.25, 0.3) is 10.1 Å². The third-order valence-electron chi connectivity index (χ3n) is 2.93. The van der Waals surface area contributed by atoms with E-state index in [9.17, 15) is 25.3 Å². The monoisotopic (exact) mass is 451 g/mol. The summed E-state index contributed by atoms with van der Waals surface area (Å²) in [5.74, 6) is 0. The average molecular weight is 452 g/mol. The van der Waals surface area contributed by atoms with Gasteiger partial charge in [0.15, 0.2) is 0 Å². The van der Waals surface area contributed by atoms with Crippen molar-refractivity contribution in [3.8, 4) is 0 Å². The molecule has 0 heterocycles. The molecule has 2 rings (SSSR count). The van der Waals surface area contributed by atoms with Crippen molar-refractivity contribution >= 4 is 93.0 Å². The Kier molecular flexibility index (Phi) is 7.44. The Morgan fingerprint density at radius 1 is 0.840 bits per heavy atom. The van der Waals surface area contributed by atoms with E-state index in [-0.39, 0.29) is 56.3 Å². The van der Waals surface area contributed by atoms with Crippen LogP contribution in [0.15, 0.2) is 62.0 Å². The minimum absolute atomic E-state index is 0. The summed E-state index contributed by atoms with van der Waals surface area (Å²) in [5, 5.41) is 4.32. The Labute approximate surface area is 192 Å². The van der Waals surface area contributed by atoms with Gasteiger partial charge in [-0.15, -0.1) is 0 Å². The van der Waals surface area contributed by atoms with Gasteiger partial charge in [0, 0.05) is 0 Å². The number of nitrogens with two attached hydrogens (primary N) is 1. The number of hydrogen-bond donors (Lipinski definition) is 2. The van der Waals surface area contributed by atoms with E-state index >= 15 is 0 Å². The molecule has 8 nitrogen and oxygen atoms in total. The van der Waals surface area contributed by atoms with Gasteiger partial charge in [-0.3, -0.25) is 4.55 Å². The fraction of sp³-hybridized carbons (Fsp3) is 0. The summed E-state index contributed by atoms with van der Waals surface area (Å²) in [7, 11) is -13.9. The van der Waals surface area contributed by atoms with Crippen molar-refractivity contribution in [1.29, 1.82) is 0 Å². The number of benzene rings is 2. The van der Waals surface area contributed by atoms with Crippen molar-refractivity contribution < 1.29 is 29.8 Å². The van der Waals surface area contributed by atoms with E-state index in [1.54, 1.807) is 6.07 Å². The van der Waals surface area contributed by atoms with Gasteiger partial charge < -0.3 is 0 Å². The molecule has 0 aliphatic carbocycles. The van der Waals surface area contributed by atoms with Crippen LogP contribution in [-0.2, 0) is 30.0 Å². The van der Waals surface area contributed by atoms with Crippen LogP contribution >= 0.6 is 11.6 Å². The van der Waals surface area contributed by atoms with Gasteiger partial charge in [0.05, 0.1) is 14.8 Å². The molecule has 0 fully saturated rings. The molecule has 0 amide bonds. The van der Waals surface area contributed by atoms with Crippen LogP contribution in [0.25, 0.3) is 0 Å². The zero-order valence-corrected chi connectivity index (χ0v) is 14.8. The quantitative estimate of drug-likeness (QED) is 0.505. The Morgan fingerprint density at radius 3 is 1.80 bits per heavy atom. The van der Waals surface area contributed by atoms with Crippen LogP contribution in [0.4, 0.5) is 0 Å². The van der Waals surface area contributed by atoms with Gasteiger partial charge in [0.2, 0.25) is 19.9 Å². The van der Waals surface area contributed by atoms with Crippen molar-refractivity contribution in [3.05, 3.63) is 47.5 Å². The first-order valence-electron chi connectivity index (χ1n) is 5.99. The van der Waals surface area contributed by atoms with Crippen molar-refractivity contribution in [2.24, 2.45) is 5.14 Å². The zero-order chi connectivity index (χ0) is 18.3. The van der Waals surface area contributed by atoms with Crippen molar-refractivity contribution in [2.45, 2.75) is 19.6 Å². The molecule has 0 spiro atoms. The molecule has 0 unspecified atom stereocenters. The van der Waals surface area contributed by atoms with Gasteiger partial charge in [0.1, 0.15) is 9.79 Å². The molecular formula is C12H11ClKNO7S3. The first-order valence-corrected chi connectivity index (χ1v) is 10.8. The summed E-state index contributed by atoms with van der Waals surface area (Å²) in [6, 6.07) is 7.83. The van der Waals surface area contributed by atoms with Gasteiger partial charge in [-0.1, -0.05) is 29.8 Å². The Hall–Kier alpha value is 0.136. The molecule has 0 aliphatic heterocycles. The summed E-state index contributed by atoms with van der Waals surface area (Å²) < 4.78 is 80.3. The predicted molar refractivity (Wildman–Crippen MR) is 91.7 cm³/mol. The Balaban J connectivity index is 0.00000312. The molecule has 2 aromatic carbocycles. The Bertz CT molecular complexity index is 1110. The molecule has 0 saturated heterocycles. The number of sulfonamides is 1. The first-order chi connectivity index (χ1) is 10.8. The molecule has 0 aliphatic rings. The summed E-state index contributed by atoms with van der Waals surface area (Å²) in [4.78, 5) is -3.01. The third-order valence-corrected chi connectivity index (χ3v) is 7.13.